The Morgan fingerprint density at radius 3 is 2.42 bits per heavy atom. The molecule has 7 rings (SSSR count). The summed E-state index contributed by atoms with van der Waals surface area (Å²) in [5.74, 6) is -0.00973. The Kier molecular flexibility index (Phi) is 6.72. The molecule has 0 atom stereocenters. The normalized spacial score (nSPS) is 13.9. The number of nitrogens with zero attached hydrogens (tertiary/aromatic N) is 3. The van der Waals surface area contributed by atoms with E-state index in [0.717, 1.165) is 38.5 Å². The van der Waals surface area contributed by atoms with Crippen molar-refractivity contribution in [3.8, 4) is 22.3 Å². The lowest BCUT2D eigenvalue weighted by Crippen LogP contribution is -2.40. The van der Waals surface area contributed by atoms with Crippen molar-refractivity contribution in [2.24, 2.45) is 0 Å². The van der Waals surface area contributed by atoms with Gasteiger partial charge in [0, 0.05) is 59.3 Å². The van der Waals surface area contributed by atoms with E-state index >= 15 is 0 Å². The van der Waals surface area contributed by atoms with Crippen LogP contribution in [0.25, 0.3) is 44.2 Å². The first-order valence-corrected chi connectivity index (χ1v) is 15.4. The fourth-order valence-electron chi connectivity index (χ4n) is 5.59. The number of fused-ring (bicyclic) bond motifs is 3. The number of aromatic amines is 1. The first-order valence-electron chi connectivity index (χ1n) is 13.9. The van der Waals surface area contributed by atoms with Gasteiger partial charge in [0.15, 0.2) is 0 Å². The van der Waals surface area contributed by atoms with Crippen molar-refractivity contribution in [3.05, 3.63) is 103 Å². The Morgan fingerprint density at radius 2 is 1.70 bits per heavy atom. The maximum Gasteiger partial charge on any atom is 0.297 e. The maximum atomic E-state index is 13.2. The first-order chi connectivity index (χ1) is 20.9. The van der Waals surface area contributed by atoms with Gasteiger partial charge in [0.1, 0.15) is 5.65 Å². The van der Waals surface area contributed by atoms with E-state index in [0.29, 0.717) is 43.2 Å². The molecule has 216 valence electrons. The second-order valence-corrected chi connectivity index (χ2v) is 12.3. The van der Waals surface area contributed by atoms with Gasteiger partial charge in [-0.3, -0.25) is 9.10 Å². The monoisotopic (exact) mass is 592 g/mol. The van der Waals surface area contributed by atoms with E-state index in [1.807, 2.05) is 77.8 Å². The number of hydrogen-bond acceptors (Lipinski definition) is 6. The summed E-state index contributed by atoms with van der Waals surface area (Å²) in [5.41, 5.74) is 6.38. The molecule has 1 aliphatic rings. The Labute approximate surface area is 248 Å². The number of aromatic nitrogens is 2. The molecule has 0 unspecified atom stereocenters. The molecule has 3 aromatic heterocycles. The molecule has 0 aliphatic carbocycles. The maximum absolute atomic E-state index is 13.2. The molecule has 43 heavy (non-hydrogen) atoms. The predicted molar refractivity (Wildman–Crippen MR) is 165 cm³/mol. The predicted octanol–water partition coefficient (Wildman–Crippen LogP) is 5.94. The van der Waals surface area contributed by atoms with E-state index in [1.165, 1.54) is 23.7 Å². The molecule has 0 spiro atoms. The van der Waals surface area contributed by atoms with Crippen LogP contribution in [-0.2, 0) is 14.8 Å². The first kappa shape index (κ1) is 26.9. The van der Waals surface area contributed by atoms with Crippen molar-refractivity contribution >= 4 is 43.6 Å². The number of sulfonamides is 1. The number of furan rings is 1. The Bertz CT molecular complexity index is 2050. The van der Waals surface area contributed by atoms with Crippen LogP contribution in [0.5, 0.6) is 0 Å². The summed E-state index contributed by atoms with van der Waals surface area (Å²) in [6, 6.07) is 26.1. The number of anilines is 1. The van der Waals surface area contributed by atoms with Crippen LogP contribution in [0.3, 0.4) is 0 Å². The van der Waals surface area contributed by atoms with E-state index in [1.54, 1.807) is 12.1 Å². The van der Waals surface area contributed by atoms with Gasteiger partial charge in [-0.05, 0) is 53.6 Å². The van der Waals surface area contributed by atoms with Crippen molar-refractivity contribution in [2.45, 2.75) is 5.09 Å². The molecule has 9 nitrogen and oxygen atoms in total. The molecule has 1 amide bonds. The number of carbonyl (C=O) groups is 1. The quantitative estimate of drug-likeness (QED) is 0.256. The topological polar surface area (TPSA) is 109 Å². The standard InChI is InChI=1S/C33H28N4O5S/c1-36(43(39,40)29-8-5-17-42-29)25-13-14-28-26(20-25)31-30(23-6-3-2-4-7-23)27(21-34-32(31)35-28)22-9-11-24(12-10-22)33(38)37-15-18-41-19-16-37/h2-14,17,20-21H,15-16,18-19H2,1H3,(H,34,35). The lowest BCUT2D eigenvalue weighted by Gasteiger charge is -2.26. The molecule has 10 heteroatoms. The summed E-state index contributed by atoms with van der Waals surface area (Å²) in [6.07, 6.45) is 3.18. The number of nitrogens with one attached hydrogen (secondary N) is 1. The minimum atomic E-state index is -3.88. The van der Waals surface area contributed by atoms with Crippen LogP contribution in [0.4, 0.5) is 5.69 Å². The molecule has 3 aromatic carbocycles. The zero-order chi connectivity index (χ0) is 29.6. The lowest BCUT2D eigenvalue weighted by molar-refractivity contribution is 0.0303. The minimum Gasteiger partial charge on any atom is -0.451 e. The second-order valence-electron chi connectivity index (χ2n) is 10.4. The number of morpholine rings is 1. The third kappa shape index (κ3) is 4.74. The van der Waals surface area contributed by atoms with Gasteiger partial charge in [-0.1, -0.05) is 42.5 Å². The molecule has 1 fully saturated rings. The van der Waals surface area contributed by atoms with E-state index < -0.39 is 10.0 Å². The molecule has 1 saturated heterocycles. The van der Waals surface area contributed by atoms with Gasteiger partial charge in [-0.2, -0.15) is 8.42 Å². The molecular formula is C33H28N4O5S. The van der Waals surface area contributed by atoms with Crippen molar-refractivity contribution < 1.29 is 22.4 Å². The van der Waals surface area contributed by atoms with E-state index in [2.05, 4.69) is 4.98 Å². The number of benzene rings is 3. The third-order valence-corrected chi connectivity index (χ3v) is 9.55. The van der Waals surface area contributed by atoms with Crippen molar-refractivity contribution in [2.75, 3.05) is 37.7 Å². The van der Waals surface area contributed by atoms with E-state index in [9.17, 15) is 13.2 Å². The zero-order valence-electron chi connectivity index (χ0n) is 23.4. The summed E-state index contributed by atoms with van der Waals surface area (Å²) >= 11 is 0. The van der Waals surface area contributed by atoms with E-state index in [-0.39, 0.29) is 11.0 Å². The highest BCUT2D eigenvalue weighted by atomic mass is 32.2. The van der Waals surface area contributed by atoms with Crippen LogP contribution < -0.4 is 4.31 Å². The number of H-pyrrole nitrogens is 1. The molecule has 0 radical (unpaired) electrons. The fraction of sp³-hybridized carbons (Fsp3) is 0.152. The van der Waals surface area contributed by atoms with Crippen LogP contribution in [-0.4, -0.2) is 62.5 Å². The molecule has 0 saturated carbocycles. The molecular weight excluding hydrogens is 564 g/mol. The number of carbonyl (C=O) groups excluding carboxylic acids is 1. The second kappa shape index (κ2) is 10.7. The molecule has 0 bridgehead atoms. The average Bonchev–Trinajstić information content (AvgIpc) is 3.74. The molecule has 6 aromatic rings. The molecule has 1 N–H and O–H groups in total. The fourth-order valence-corrected chi connectivity index (χ4v) is 6.68. The summed E-state index contributed by atoms with van der Waals surface area (Å²) in [6.45, 7) is 2.26. The number of ether oxygens (including phenoxy) is 1. The Hall–Kier alpha value is -4.93. The molecule has 1 aliphatic heterocycles. The minimum absolute atomic E-state index is 0.00973. The smallest absolute Gasteiger partial charge is 0.297 e. The van der Waals surface area contributed by atoms with Gasteiger partial charge in [0.25, 0.3) is 15.9 Å². The van der Waals surface area contributed by atoms with Crippen molar-refractivity contribution in [1.82, 2.24) is 14.9 Å². The van der Waals surface area contributed by atoms with Gasteiger partial charge >= 0.3 is 0 Å². The van der Waals surface area contributed by atoms with Gasteiger partial charge in [0.05, 0.1) is 25.2 Å². The highest BCUT2D eigenvalue weighted by molar-refractivity contribution is 7.92. The van der Waals surface area contributed by atoms with Crippen LogP contribution >= 0.6 is 0 Å². The van der Waals surface area contributed by atoms with Crippen molar-refractivity contribution in [3.63, 3.8) is 0 Å². The highest BCUT2D eigenvalue weighted by Gasteiger charge is 2.25. The summed E-state index contributed by atoms with van der Waals surface area (Å²) in [4.78, 5) is 23.1. The largest absolute Gasteiger partial charge is 0.451 e. The van der Waals surface area contributed by atoms with Gasteiger partial charge in [0.2, 0.25) is 5.09 Å². The number of amides is 1. The van der Waals surface area contributed by atoms with Crippen molar-refractivity contribution in [1.29, 1.82) is 0 Å². The van der Waals surface area contributed by atoms with Gasteiger partial charge in [-0.15, -0.1) is 0 Å². The summed E-state index contributed by atoms with van der Waals surface area (Å²) in [7, 11) is -2.37. The zero-order valence-corrected chi connectivity index (χ0v) is 24.2. The van der Waals surface area contributed by atoms with Crippen LogP contribution in [0, 0.1) is 0 Å². The van der Waals surface area contributed by atoms with Gasteiger partial charge < -0.3 is 19.0 Å². The van der Waals surface area contributed by atoms with Crippen LogP contribution in [0.15, 0.2) is 107 Å². The number of hydrogen-bond donors (Lipinski definition) is 1. The number of pyridine rings is 1. The number of rotatable bonds is 6. The third-order valence-electron chi connectivity index (χ3n) is 7.88. The summed E-state index contributed by atoms with van der Waals surface area (Å²) in [5, 5.41) is 1.58. The van der Waals surface area contributed by atoms with Crippen LogP contribution in [0.2, 0.25) is 0 Å². The molecule has 4 heterocycles. The Balaban J connectivity index is 1.37. The average molecular weight is 593 g/mol. The Morgan fingerprint density at radius 1 is 0.930 bits per heavy atom. The van der Waals surface area contributed by atoms with Crippen LogP contribution in [0.1, 0.15) is 10.4 Å². The lowest BCUT2D eigenvalue weighted by atomic mass is 9.92. The van der Waals surface area contributed by atoms with E-state index in [4.69, 9.17) is 14.1 Å². The van der Waals surface area contributed by atoms with Gasteiger partial charge in [-0.25, -0.2) is 4.98 Å². The highest BCUT2D eigenvalue weighted by Crippen LogP contribution is 2.41. The SMILES string of the molecule is CN(c1ccc2[nH]c3ncc(-c4ccc(C(=O)N5CCOCC5)cc4)c(-c4ccccc4)c3c2c1)S(=O)(=O)c1ccco1. The summed E-state index contributed by atoms with van der Waals surface area (Å²) < 4.78 is 38.2.